The first-order valence-electron chi connectivity index (χ1n) is 5.09. The lowest BCUT2D eigenvalue weighted by Crippen LogP contribution is -2.12. The summed E-state index contributed by atoms with van der Waals surface area (Å²) < 4.78 is 6.49. The molecule has 0 aliphatic carbocycles. The van der Waals surface area contributed by atoms with E-state index in [1.807, 2.05) is 12.1 Å². The van der Waals surface area contributed by atoms with E-state index in [0.717, 1.165) is 4.47 Å². The van der Waals surface area contributed by atoms with Gasteiger partial charge in [-0.1, -0.05) is 39.7 Å². The third kappa shape index (κ3) is 2.83. The largest absolute Gasteiger partial charge is 0.456 e. The van der Waals surface area contributed by atoms with Crippen LogP contribution in [0, 0.1) is 0 Å². The molecule has 0 atom stereocenters. The van der Waals surface area contributed by atoms with Crippen molar-refractivity contribution in [1.29, 1.82) is 0 Å². The van der Waals surface area contributed by atoms with Gasteiger partial charge < -0.3 is 10.5 Å². The Morgan fingerprint density at radius 1 is 1.22 bits per heavy atom. The van der Waals surface area contributed by atoms with Crippen LogP contribution in [0.4, 0.5) is 0 Å². The van der Waals surface area contributed by atoms with Gasteiger partial charge in [0.1, 0.15) is 17.1 Å². The highest BCUT2D eigenvalue weighted by Gasteiger charge is 2.14. The van der Waals surface area contributed by atoms with Crippen LogP contribution in [0.15, 0.2) is 46.9 Å². The molecule has 18 heavy (non-hydrogen) atoms. The summed E-state index contributed by atoms with van der Waals surface area (Å²) in [6.45, 7) is 0. The molecule has 2 aromatic rings. The Kier molecular flexibility index (Phi) is 3.89. The van der Waals surface area contributed by atoms with Crippen LogP contribution in [0.3, 0.4) is 0 Å². The molecule has 0 aliphatic rings. The van der Waals surface area contributed by atoms with Gasteiger partial charge in [-0.25, -0.2) is 0 Å². The SMILES string of the molecule is NC(=O)c1c(Cl)cccc1Oc1cccc(Br)c1. The fourth-order valence-corrected chi connectivity index (χ4v) is 2.12. The van der Waals surface area contributed by atoms with Crippen LogP contribution in [0.2, 0.25) is 5.02 Å². The summed E-state index contributed by atoms with van der Waals surface area (Å²) in [5.74, 6) is 0.313. The molecular formula is C13H9BrClNO2. The molecule has 3 nitrogen and oxygen atoms in total. The van der Waals surface area contributed by atoms with E-state index < -0.39 is 5.91 Å². The molecule has 5 heteroatoms. The summed E-state index contributed by atoms with van der Waals surface area (Å²) in [7, 11) is 0. The normalized spacial score (nSPS) is 10.1. The van der Waals surface area contributed by atoms with Crippen LogP contribution < -0.4 is 10.5 Å². The molecule has 0 heterocycles. The topological polar surface area (TPSA) is 52.3 Å². The van der Waals surface area contributed by atoms with Crippen LogP contribution >= 0.6 is 27.5 Å². The molecule has 0 radical (unpaired) electrons. The average Bonchev–Trinajstić information content (AvgIpc) is 2.28. The highest BCUT2D eigenvalue weighted by molar-refractivity contribution is 9.10. The second kappa shape index (κ2) is 5.42. The number of carbonyl (C=O) groups is 1. The number of amides is 1. The van der Waals surface area contributed by atoms with Gasteiger partial charge in [0.15, 0.2) is 0 Å². The lowest BCUT2D eigenvalue weighted by Gasteiger charge is -2.10. The third-order valence-corrected chi connectivity index (χ3v) is 3.05. The molecule has 0 bridgehead atoms. The first-order chi connectivity index (χ1) is 8.58. The van der Waals surface area contributed by atoms with Crippen LogP contribution in [0.25, 0.3) is 0 Å². The minimum absolute atomic E-state index is 0.180. The summed E-state index contributed by atoms with van der Waals surface area (Å²) in [5.41, 5.74) is 5.47. The molecule has 0 fully saturated rings. The number of primary amides is 1. The molecular weight excluding hydrogens is 318 g/mol. The minimum atomic E-state index is -0.620. The second-order valence-corrected chi connectivity index (χ2v) is 4.86. The second-order valence-electron chi connectivity index (χ2n) is 3.54. The molecule has 0 saturated carbocycles. The lowest BCUT2D eigenvalue weighted by molar-refractivity contribution is 0.0998. The fraction of sp³-hybridized carbons (Fsp3) is 0. The highest BCUT2D eigenvalue weighted by atomic mass is 79.9. The predicted octanol–water partition coefficient (Wildman–Crippen LogP) is 3.99. The van der Waals surface area contributed by atoms with Crippen molar-refractivity contribution >= 4 is 33.4 Å². The van der Waals surface area contributed by atoms with Crippen molar-refractivity contribution in [3.63, 3.8) is 0 Å². The fourth-order valence-electron chi connectivity index (χ4n) is 1.49. The molecule has 0 aromatic heterocycles. The van der Waals surface area contributed by atoms with Crippen molar-refractivity contribution in [2.24, 2.45) is 5.73 Å². The Morgan fingerprint density at radius 3 is 2.61 bits per heavy atom. The first kappa shape index (κ1) is 12.9. The van der Waals surface area contributed by atoms with E-state index in [1.54, 1.807) is 30.3 Å². The van der Waals surface area contributed by atoms with Gasteiger partial charge in [-0.15, -0.1) is 0 Å². The maximum absolute atomic E-state index is 11.3. The zero-order valence-corrected chi connectivity index (χ0v) is 11.5. The number of halogens is 2. The van der Waals surface area contributed by atoms with Crippen LogP contribution in [-0.4, -0.2) is 5.91 Å². The van der Waals surface area contributed by atoms with Crippen molar-refractivity contribution in [3.8, 4) is 11.5 Å². The third-order valence-electron chi connectivity index (χ3n) is 2.25. The average molecular weight is 327 g/mol. The monoisotopic (exact) mass is 325 g/mol. The zero-order valence-electron chi connectivity index (χ0n) is 9.19. The van der Waals surface area contributed by atoms with Gasteiger partial charge in [-0.2, -0.15) is 0 Å². The number of rotatable bonds is 3. The molecule has 2 rings (SSSR count). The number of hydrogen-bond acceptors (Lipinski definition) is 2. The molecule has 0 saturated heterocycles. The number of ether oxygens (including phenoxy) is 1. The predicted molar refractivity (Wildman–Crippen MR) is 74.2 cm³/mol. The summed E-state index contributed by atoms with van der Waals surface area (Å²) in [4.78, 5) is 11.3. The standard InChI is InChI=1S/C13H9BrClNO2/c14-8-3-1-4-9(7-8)18-11-6-2-5-10(15)12(11)13(16)17/h1-7H,(H2,16,17). The van der Waals surface area contributed by atoms with Crippen molar-refractivity contribution in [2.75, 3.05) is 0 Å². The first-order valence-corrected chi connectivity index (χ1v) is 6.27. The maximum Gasteiger partial charge on any atom is 0.254 e. The summed E-state index contributed by atoms with van der Waals surface area (Å²) in [6, 6.07) is 12.2. The zero-order chi connectivity index (χ0) is 13.1. The van der Waals surface area contributed by atoms with Gasteiger partial charge >= 0.3 is 0 Å². The van der Waals surface area contributed by atoms with Gasteiger partial charge in [-0.05, 0) is 30.3 Å². The van der Waals surface area contributed by atoms with E-state index in [9.17, 15) is 4.79 Å². The van der Waals surface area contributed by atoms with E-state index in [1.165, 1.54) is 0 Å². The van der Waals surface area contributed by atoms with Crippen molar-refractivity contribution in [2.45, 2.75) is 0 Å². The lowest BCUT2D eigenvalue weighted by atomic mass is 10.2. The summed E-state index contributed by atoms with van der Waals surface area (Å²) in [6.07, 6.45) is 0. The molecule has 2 aromatic carbocycles. The quantitative estimate of drug-likeness (QED) is 0.927. The molecule has 0 aliphatic heterocycles. The Balaban J connectivity index is 2.40. The number of nitrogens with two attached hydrogens (primary N) is 1. The van der Waals surface area contributed by atoms with E-state index in [2.05, 4.69) is 15.9 Å². The molecule has 0 unspecified atom stereocenters. The number of carbonyl (C=O) groups excluding carboxylic acids is 1. The Morgan fingerprint density at radius 2 is 1.94 bits per heavy atom. The maximum atomic E-state index is 11.3. The van der Waals surface area contributed by atoms with E-state index in [0.29, 0.717) is 11.5 Å². The molecule has 2 N–H and O–H groups in total. The summed E-state index contributed by atoms with van der Waals surface area (Å²) in [5, 5.41) is 0.273. The van der Waals surface area contributed by atoms with E-state index >= 15 is 0 Å². The van der Waals surface area contributed by atoms with Gasteiger partial charge in [0.25, 0.3) is 5.91 Å². The highest BCUT2D eigenvalue weighted by Crippen LogP contribution is 2.31. The van der Waals surface area contributed by atoms with Crippen molar-refractivity contribution < 1.29 is 9.53 Å². The van der Waals surface area contributed by atoms with Crippen LogP contribution in [-0.2, 0) is 0 Å². The van der Waals surface area contributed by atoms with Crippen molar-refractivity contribution in [3.05, 3.63) is 57.5 Å². The Bertz CT molecular complexity index is 601. The Hall–Kier alpha value is -1.52. The number of hydrogen-bond donors (Lipinski definition) is 1. The van der Waals surface area contributed by atoms with Crippen molar-refractivity contribution in [1.82, 2.24) is 0 Å². The van der Waals surface area contributed by atoms with Gasteiger partial charge in [0, 0.05) is 4.47 Å². The Labute approximate surface area is 118 Å². The van der Waals surface area contributed by atoms with Gasteiger partial charge in [-0.3, -0.25) is 4.79 Å². The molecule has 92 valence electrons. The van der Waals surface area contributed by atoms with Gasteiger partial charge in [0.05, 0.1) is 5.02 Å². The van der Waals surface area contributed by atoms with E-state index in [-0.39, 0.29) is 10.6 Å². The van der Waals surface area contributed by atoms with Crippen LogP contribution in [0.5, 0.6) is 11.5 Å². The van der Waals surface area contributed by atoms with E-state index in [4.69, 9.17) is 22.1 Å². The smallest absolute Gasteiger partial charge is 0.254 e. The van der Waals surface area contributed by atoms with Crippen LogP contribution in [0.1, 0.15) is 10.4 Å². The number of benzene rings is 2. The molecule has 0 spiro atoms. The van der Waals surface area contributed by atoms with Gasteiger partial charge in [0.2, 0.25) is 0 Å². The molecule has 1 amide bonds. The minimum Gasteiger partial charge on any atom is -0.456 e. The summed E-state index contributed by atoms with van der Waals surface area (Å²) >= 11 is 9.27.